The molecule has 0 saturated heterocycles. The predicted molar refractivity (Wildman–Crippen MR) is 69.4 cm³/mol. The predicted octanol–water partition coefficient (Wildman–Crippen LogP) is 3.62. The maximum absolute atomic E-state index is 5.67. The molecule has 16 heavy (non-hydrogen) atoms. The van der Waals surface area contributed by atoms with Gasteiger partial charge in [0, 0.05) is 26.9 Å². The zero-order chi connectivity index (χ0) is 11.5. The number of nitrogen functional groups attached to an aromatic ring is 1. The SMILES string of the molecule is Cc1cc(CSc2ccc(N)cc2Br)no1. The number of hydrogen-bond acceptors (Lipinski definition) is 4. The number of aryl methyl sites for hydroxylation is 1. The fraction of sp³-hybridized carbons (Fsp3) is 0.182. The van der Waals surface area contributed by atoms with Gasteiger partial charge in [0.2, 0.25) is 0 Å². The Morgan fingerprint density at radius 1 is 1.44 bits per heavy atom. The molecule has 1 heterocycles. The fourth-order valence-corrected chi connectivity index (χ4v) is 2.81. The number of halogens is 1. The Hall–Kier alpha value is -0.940. The zero-order valence-corrected chi connectivity index (χ0v) is 11.1. The van der Waals surface area contributed by atoms with Crippen LogP contribution in [0.1, 0.15) is 11.5 Å². The Morgan fingerprint density at radius 3 is 2.88 bits per heavy atom. The number of hydrogen-bond donors (Lipinski definition) is 1. The van der Waals surface area contributed by atoms with Gasteiger partial charge in [-0.1, -0.05) is 5.16 Å². The van der Waals surface area contributed by atoms with E-state index in [0.717, 1.165) is 32.3 Å². The van der Waals surface area contributed by atoms with Crippen LogP contribution in [0.3, 0.4) is 0 Å². The molecule has 2 aromatic rings. The minimum Gasteiger partial charge on any atom is -0.399 e. The second-order valence-electron chi connectivity index (χ2n) is 3.41. The maximum atomic E-state index is 5.67. The minimum absolute atomic E-state index is 0.758. The van der Waals surface area contributed by atoms with Gasteiger partial charge in [0.1, 0.15) is 5.76 Å². The van der Waals surface area contributed by atoms with Crippen LogP contribution >= 0.6 is 27.7 Å². The highest BCUT2D eigenvalue weighted by atomic mass is 79.9. The van der Waals surface area contributed by atoms with Crippen molar-refractivity contribution in [1.29, 1.82) is 0 Å². The van der Waals surface area contributed by atoms with E-state index in [1.807, 2.05) is 31.2 Å². The highest BCUT2D eigenvalue weighted by Crippen LogP contribution is 2.31. The third-order valence-corrected chi connectivity index (χ3v) is 4.03. The van der Waals surface area contributed by atoms with Gasteiger partial charge in [-0.2, -0.15) is 0 Å². The zero-order valence-electron chi connectivity index (χ0n) is 8.74. The topological polar surface area (TPSA) is 52.0 Å². The molecule has 0 aliphatic heterocycles. The highest BCUT2D eigenvalue weighted by Gasteiger charge is 2.04. The molecule has 0 bridgehead atoms. The molecular weight excluding hydrogens is 288 g/mol. The largest absolute Gasteiger partial charge is 0.399 e. The summed E-state index contributed by atoms with van der Waals surface area (Å²) in [7, 11) is 0. The first-order valence-electron chi connectivity index (χ1n) is 4.75. The Morgan fingerprint density at radius 2 is 2.25 bits per heavy atom. The van der Waals surface area contributed by atoms with Gasteiger partial charge in [-0.25, -0.2) is 0 Å². The van der Waals surface area contributed by atoms with Crippen LogP contribution in [0.2, 0.25) is 0 Å². The third-order valence-electron chi connectivity index (χ3n) is 2.01. The van der Waals surface area contributed by atoms with E-state index in [1.54, 1.807) is 11.8 Å². The molecule has 0 aliphatic rings. The molecule has 2 N–H and O–H groups in total. The number of aromatic nitrogens is 1. The Labute approximate surface area is 107 Å². The first-order valence-corrected chi connectivity index (χ1v) is 6.53. The van der Waals surface area contributed by atoms with E-state index in [4.69, 9.17) is 10.3 Å². The van der Waals surface area contributed by atoms with Gasteiger partial charge in [-0.05, 0) is 41.1 Å². The normalized spacial score (nSPS) is 10.6. The van der Waals surface area contributed by atoms with E-state index in [2.05, 4.69) is 21.1 Å². The first-order chi connectivity index (χ1) is 7.65. The van der Waals surface area contributed by atoms with Crippen LogP contribution < -0.4 is 5.73 Å². The summed E-state index contributed by atoms with van der Waals surface area (Å²) in [6, 6.07) is 7.73. The van der Waals surface area contributed by atoms with Crippen LogP contribution in [0.5, 0.6) is 0 Å². The highest BCUT2D eigenvalue weighted by molar-refractivity contribution is 9.10. The van der Waals surface area contributed by atoms with E-state index in [0.29, 0.717) is 0 Å². The summed E-state index contributed by atoms with van der Waals surface area (Å²) in [5.74, 6) is 1.63. The van der Waals surface area contributed by atoms with Crippen molar-refractivity contribution in [2.45, 2.75) is 17.6 Å². The van der Waals surface area contributed by atoms with Crippen molar-refractivity contribution in [2.24, 2.45) is 0 Å². The summed E-state index contributed by atoms with van der Waals surface area (Å²) in [6.07, 6.45) is 0. The summed E-state index contributed by atoms with van der Waals surface area (Å²) in [5, 5.41) is 3.94. The van der Waals surface area contributed by atoms with E-state index >= 15 is 0 Å². The second kappa shape index (κ2) is 4.93. The van der Waals surface area contributed by atoms with Crippen LogP contribution in [0.15, 0.2) is 38.2 Å². The quantitative estimate of drug-likeness (QED) is 0.694. The minimum atomic E-state index is 0.758. The molecule has 3 nitrogen and oxygen atoms in total. The number of nitrogens with zero attached hydrogens (tertiary/aromatic N) is 1. The number of anilines is 1. The molecule has 84 valence electrons. The van der Waals surface area contributed by atoms with Crippen molar-refractivity contribution in [3.8, 4) is 0 Å². The Kier molecular flexibility index (Phi) is 3.56. The van der Waals surface area contributed by atoms with Gasteiger partial charge in [0.25, 0.3) is 0 Å². The van der Waals surface area contributed by atoms with Gasteiger partial charge in [-0.3, -0.25) is 0 Å². The summed E-state index contributed by atoms with van der Waals surface area (Å²) in [4.78, 5) is 1.15. The molecule has 1 aromatic heterocycles. The van der Waals surface area contributed by atoms with E-state index < -0.39 is 0 Å². The maximum Gasteiger partial charge on any atom is 0.133 e. The van der Waals surface area contributed by atoms with E-state index in [1.165, 1.54) is 0 Å². The second-order valence-corrected chi connectivity index (χ2v) is 5.28. The van der Waals surface area contributed by atoms with Crippen molar-refractivity contribution in [1.82, 2.24) is 5.16 Å². The number of nitrogens with two attached hydrogens (primary N) is 1. The summed E-state index contributed by atoms with van der Waals surface area (Å²) in [6.45, 7) is 1.89. The molecule has 0 aliphatic carbocycles. The van der Waals surface area contributed by atoms with Crippen LogP contribution in [0, 0.1) is 6.92 Å². The van der Waals surface area contributed by atoms with E-state index in [9.17, 15) is 0 Å². The number of benzene rings is 1. The lowest BCUT2D eigenvalue weighted by molar-refractivity contribution is 0.393. The van der Waals surface area contributed by atoms with Crippen molar-refractivity contribution < 1.29 is 4.52 Å². The number of rotatable bonds is 3. The summed E-state index contributed by atoms with van der Waals surface area (Å²) in [5.41, 5.74) is 7.38. The average Bonchev–Trinajstić information content (AvgIpc) is 2.63. The first kappa shape index (κ1) is 11.5. The standard InChI is InChI=1S/C11H11BrN2OS/c1-7-4-9(14-15-7)6-16-11-3-2-8(13)5-10(11)12/h2-5H,6,13H2,1H3. The Bertz CT molecular complexity index is 498. The van der Waals surface area contributed by atoms with Crippen LogP contribution in [0.25, 0.3) is 0 Å². The third kappa shape index (κ3) is 2.80. The molecule has 0 fully saturated rings. The average molecular weight is 299 g/mol. The number of thioether (sulfide) groups is 1. The van der Waals surface area contributed by atoms with Gasteiger partial charge in [0.15, 0.2) is 0 Å². The monoisotopic (exact) mass is 298 g/mol. The smallest absolute Gasteiger partial charge is 0.133 e. The molecule has 0 radical (unpaired) electrons. The van der Waals surface area contributed by atoms with Crippen molar-refractivity contribution in [3.05, 3.63) is 40.2 Å². The summed E-state index contributed by atoms with van der Waals surface area (Å²) >= 11 is 5.18. The molecule has 0 saturated carbocycles. The lowest BCUT2D eigenvalue weighted by atomic mass is 10.3. The van der Waals surface area contributed by atoms with Crippen molar-refractivity contribution in [3.63, 3.8) is 0 Å². The molecule has 5 heteroatoms. The van der Waals surface area contributed by atoms with Crippen molar-refractivity contribution >= 4 is 33.4 Å². The summed E-state index contributed by atoms with van der Waals surface area (Å²) < 4.78 is 6.02. The van der Waals surface area contributed by atoms with Crippen LogP contribution in [-0.4, -0.2) is 5.16 Å². The Balaban J connectivity index is 2.04. The van der Waals surface area contributed by atoms with Gasteiger partial charge >= 0.3 is 0 Å². The lowest BCUT2D eigenvalue weighted by Gasteiger charge is -2.03. The van der Waals surface area contributed by atoms with Gasteiger partial charge < -0.3 is 10.3 Å². The molecule has 1 aromatic carbocycles. The van der Waals surface area contributed by atoms with Gasteiger partial charge in [0.05, 0.1) is 5.69 Å². The molecule has 0 amide bonds. The lowest BCUT2D eigenvalue weighted by Crippen LogP contribution is -1.85. The molecule has 0 spiro atoms. The fourth-order valence-electron chi connectivity index (χ4n) is 1.27. The van der Waals surface area contributed by atoms with Crippen LogP contribution in [0.4, 0.5) is 5.69 Å². The van der Waals surface area contributed by atoms with Crippen LogP contribution in [-0.2, 0) is 5.75 Å². The van der Waals surface area contributed by atoms with Gasteiger partial charge in [-0.15, -0.1) is 11.8 Å². The van der Waals surface area contributed by atoms with E-state index in [-0.39, 0.29) is 0 Å². The molecular formula is C11H11BrN2OS. The van der Waals surface area contributed by atoms with Crippen molar-refractivity contribution in [2.75, 3.05) is 5.73 Å². The molecule has 0 unspecified atom stereocenters. The molecule has 0 atom stereocenters. The molecule has 2 rings (SSSR count).